The van der Waals surface area contributed by atoms with Gasteiger partial charge in [-0.1, -0.05) is 6.92 Å². The van der Waals surface area contributed by atoms with Gasteiger partial charge in [-0.05, 0) is 27.4 Å². The van der Waals surface area contributed by atoms with Crippen molar-refractivity contribution in [2.24, 2.45) is 0 Å². The summed E-state index contributed by atoms with van der Waals surface area (Å²) < 4.78 is 5.05. The van der Waals surface area contributed by atoms with Gasteiger partial charge in [0, 0.05) is 19.7 Å². The zero-order valence-corrected chi connectivity index (χ0v) is 10.9. The van der Waals surface area contributed by atoms with Gasteiger partial charge in [-0.25, -0.2) is 0 Å². The Kier molecular flexibility index (Phi) is 6.55. The van der Waals surface area contributed by atoms with Gasteiger partial charge in [0.05, 0.1) is 6.61 Å². The molecule has 16 heavy (non-hydrogen) atoms. The molecule has 96 valence electrons. The number of carboxylic acid groups (broad SMARTS) is 1. The molecule has 0 bridgehead atoms. The molecule has 0 fully saturated rings. The van der Waals surface area contributed by atoms with E-state index in [1.54, 1.807) is 14.0 Å². The lowest BCUT2D eigenvalue weighted by molar-refractivity contribution is -0.145. The van der Waals surface area contributed by atoms with Crippen molar-refractivity contribution in [3.05, 3.63) is 0 Å². The highest BCUT2D eigenvalue weighted by molar-refractivity contribution is 5.78. The summed E-state index contributed by atoms with van der Waals surface area (Å²) >= 11 is 0. The molecule has 2 N–H and O–H groups in total. The van der Waals surface area contributed by atoms with Crippen molar-refractivity contribution in [2.45, 2.75) is 32.4 Å². The summed E-state index contributed by atoms with van der Waals surface area (Å²) in [5, 5.41) is 12.2. The molecule has 0 saturated heterocycles. The number of hydrogen-bond acceptors (Lipinski definition) is 4. The van der Waals surface area contributed by atoms with E-state index in [2.05, 4.69) is 5.32 Å². The second-order valence-corrected chi connectivity index (χ2v) is 4.39. The predicted molar refractivity (Wildman–Crippen MR) is 63.7 cm³/mol. The Morgan fingerprint density at radius 3 is 2.56 bits per heavy atom. The molecule has 0 aliphatic heterocycles. The van der Waals surface area contributed by atoms with E-state index >= 15 is 0 Å². The Hall–Kier alpha value is -0.650. The van der Waals surface area contributed by atoms with Crippen LogP contribution in [0.3, 0.4) is 0 Å². The summed E-state index contributed by atoms with van der Waals surface area (Å²) in [6, 6.07) is 0.197. The highest BCUT2D eigenvalue weighted by Gasteiger charge is 2.34. The molecule has 5 nitrogen and oxygen atoms in total. The van der Waals surface area contributed by atoms with Crippen molar-refractivity contribution in [1.29, 1.82) is 0 Å². The highest BCUT2D eigenvalue weighted by Crippen LogP contribution is 2.08. The second-order valence-electron chi connectivity index (χ2n) is 4.39. The molecule has 0 spiro atoms. The molecule has 0 aliphatic carbocycles. The van der Waals surface area contributed by atoms with Crippen LogP contribution >= 0.6 is 0 Å². The van der Waals surface area contributed by atoms with E-state index in [9.17, 15) is 9.90 Å². The van der Waals surface area contributed by atoms with Crippen LogP contribution < -0.4 is 5.32 Å². The summed E-state index contributed by atoms with van der Waals surface area (Å²) in [7, 11) is 3.55. The zero-order valence-electron chi connectivity index (χ0n) is 10.9. The molecule has 0 rings (SSSR count). The average Bonchev–Trinajstić information content (AvgIpc) is 2.18. The number of carboxylic acids is 1. The van der Waals surface area contributed by atoms with Crippen LogP contribution in [-0.2, 0) is 9.53 Å². The maximum absolute atomic E-state index is 11.2. The Bertz CT molecular complexity index is 223. The van der Waals surface area contributed by atoms with Crippen LogP contribution in [0.1, 0.15) is 20.8 Å². The summed E-state index contributed by atoms with van der Waals surface area (Å²) in [6.45, 7) is 7.29. The smallest absolute Gasteiger partial charge is 0.324 e. The number of nitrogens with zero attached hydrogens (tertiary/aromatic N) is 1. The van der Waals surface area contributed by atoms with Crippen molar-refractivity contribution in [2.75, 3.05) is 33.9 Å². The molecule has 0 saturated carbocycles. The summed E-state index contributed by atoms with van der Waals surface area (Å²) in [5.74, 6) is -0.828. The lowest BCUT2D eigenvalue weighted by Crippen LogP contribution is -2.57. The Morgan fingerprint density at radius 1 is 1.62 bits per heavy atom. The van der Waals surface area contributed by atoms with Crippen LogP contribution in [0.15, 0.2) is 0 Å². The van der Waals surface area contributed by atoms with Crippen molar-refractivity contribution >= 4 is 5.97 Å². The van der Waals surface area contributed by atoms with Gasteiger partial charge in [-0.15, -0.1) is 0 Å². The number of carbonyl (C=O) groups is 1. The van der Waals surface area contributed by atoms with E-state index < -0.39 is 11.5 Å². The number of aliphatic carboxylic acids is 1. The second kappa shape index (κ2) is 6.83. The van der Waals surface area contributed by atoms with E-state index in [1.807, 2.05) is 25.8 Å². The Balaban J connectivity index is 4.45. The number of rotatable bonds is 8. The number of ether oxygens (including phenoxy) is 1. The van der Waals surface area contributed by atoms with Crippen LogP contribution in [0.4, 0.5) is 0 Å². The molecule has 2 unspecified atom stereocenters. The largest absolute Gasteiger partial charge is 0.480 e. The molecule has 0 heterocycles. The first-order valence-corrected chi connectivity index (χ1v) is 5.55. The maximum Gasteiger partial charge on any atom is 0.324 e. The minimum atomic E-state index is -0.911. The van der Waals surface area contributed by atoms with E-state index in [4.69, 9.17) is 4.74 Å². The molecule has 2 atom stereocenters. The van der Waals surface area contributed by atoms with Crippen molar-refractivity contribution < 1.29 is 14.6 Å². The summed E-state index contributed by atoms with van der Waals surface area (Å²) in [6.07, 6.45) is 0. The molecule has 0 aromatic carbocycles. The van der Waals surface area contributed by atoms with Gasteiger partial charge in [-0.2, -0.15) is 0 Å². The minimum Gasteiger partial charge on any atom is -0.480 e. The summed E-state index contributed by atoms with van der Waals surface area (Å²) in [4.78, 5) is 13.2. The quantitative estimate of drug-likeness (QED) is 0.634. The van der Waals surface area contributed by atoms with Crippen molar-refractivity contribution in [3.8, 4) is 0 Å². The summed E-state index contributed by atoms with van der Waals surface area (Å²) in [5.41, 5.74) is -0.911. The van der Waals surface area contributed by atoms with Crippen LogP contribution in [0.5, 0.6) is 0 Å². The van der Waals surface area contributed by atoms with E-state index in [0.29, 0.717) is 19.7 Å². The van der Waals surface area contributed by atoms with Crippen LogP contribution in [-0.4, -0.2) is 61.4 Å². The van der Waals surface area contributed by atoms with E-state index in [1.165, 1.54) is 0 Å². The van der Waals surface area contributed by atoms with Crippen LogP contribution in [0.25, 0.3) is 0 Å². The number of hydrogen-bond donors (Lipinski definition) is 2. The average molecular weight is 232 g/mol. The third-order valence-corrected chi connectivity index (χ3v) is 2.76. The zero-order chi connectivity index (χ0) is 12.8. The lowest BCUT2D eigenvalue weighted by atomic mass is 10.0. The molecule has 5 heteroatoms. The van der Waals surface area contributed by atoms with Gasteiger partial charge in [0.1, 0.15) is 5.54 Å². The van der Waals surface area contributed by atoms with E-state index in [0.717, 1.165) is 0 Å². The fourth-order valence-corrected chi connectivity index (χ4v) is 1.61. The third-order valence-electron chi connectivity index (χ3n) is 2.76. The molecular formula is C11H24N2O3. The first-order valence-electron chi connectivity index (χ1n) is 5.55. The van der Waals surface area contributed by atoms with Gasteiger partial charge < -0.3 is 15.2 Å². The van der Waals surface area contributed by atoms with Crippen molar-refractivity contribution in [1.82, 2.24) is 10.2 Å². The minimum absolute atomic E-state index is 0.197. The fraction of sp³-hybridized carbons (Fsp3) is 0.909. The highest BCUT2D eigenvalue weighted by atomic mass is 16.5. The molecule has 0 aliphatic rings. The van der Waals surface area contributed by atoms with Crippen LogP contribution in [0.2, 0.25) is 0 Å². The molecule has 0 aromatic rings. The SMILES string of the molecule is CCNC(C)(CN(C)C(C)COC)C(=O)O. The predicted octanol–water partition coefficient (Wildman–Crippen LogP) is 0.406. The van der Waals surface area contributed by atoms with Gasteiger partial charge in [-0.3, -0.25) is 9.69 Å². The number of nitrogens with one attached hydrogen (secondary N) is 1. The topological polar surface area (TPSA) is 61.8 Å². The lowest BCUT2D eigenvalue weighted by Gasteiger charge is -2.33. The normalized spacial score (nSPS) is 17.1. The van der Waals surface area contributed by atoms with Gasteiger partial charge in [0.15, 0.2) is 0 Å². The number of likely N-dealkylation sites (N-methyl/N-ethyl adjacent to an activating group) is 2. The van der Waals surface area contributed by atoms with Crippen molar-refractivity contribution in [3.63, 3.8) is 0 Å². The van der Waals surface area contributed by atoms with Gasteiger partial charge in [0.25, 0.3) is 0 Å². The Morgan fingerprint density at radius 2 is 2.19 bits per heavy atom. The fourth-order valence-electron chi connectivity index (χ4n) is 1.61. The molecule has 0 aromatic heterocycles. The maximum atomic E-state index is 11.2. The standard InChI is InChI=1S/C11H24N2O3/c1-6-12-11(3,10(14)15)8-13(4)9(2)7-16-5/h9,12H,6-8H2,1-5H3,(H,14,15). The molecular weight excluding hydrogens is 208 g/mol. The van der Waals surface area contributed by atoms with Gasteiger partial charge in [0.2, 0.25) is 0 Å². The third kappa shape index (κ3) is 4.47. The monoisotopic (exact) mass is 232 g/mol. The van der Waals surface area contributed by atoms with E-state index in [-0.39, 0.29) is 6.04 Å². The number of methoxy groups -OCH3 is 1. The molecule has 0 amide bonds. The first kappa shape index (κ1) is 15.3. The molecule has 0 radical (unpaired) electrons. The van der Waals surface area contributed by atoms with Crippen LogP contribution in [0, 0.1) is 0 Å². The van der Waals surface area contributed by atoms with Gasteiger partial charge >= 0.3 is 5.97 Å². The first-order chi connectivity index (χ1) is 7.37. The Labute approximate surface area is 97.8 Å².